The van der Waals surface area contributed by atoms with Gasteiger partial charge >= 0.3 is 35.8 Å². The highest BCUT2D eigenvalue weighted by Crippen LogP contribution is 2.07. The van der Waals surface area contributed by atoms with E-state index in [2.05, 4.69) is 30.1 Å². The minimum absolute atomic E-state index is 0.103. The number of aliphatic hydroxyl groups is 3. The molecule has 0 saturated heterocycles. The first-order valence-electron chi connectivity index (χ1n) is 26.4. The highest BCUT2D eigenvalue weighted by Gasteiger charge is 2.22. The van der Waals surface area contributed by atoms with Gasteiger partial charge in [0, 0.05) is 55.7 Å². The lowest BCUT2D eigenvalue weighted by Crippen LogP contribution is -2.23. The van der Waals surface area contributed by atoms with E-state index in [1.807, 2.05) is 34.6 Å². The largest absolute Gasteiger partial charge is 0.502 e. The van der Waals surface area contributed by atoms with Crippen LogP contribution in [0.15, 0.2) is 35.5 Å². The van der Waals surface area contributed by atoms with Gasteiger partial charge in [-0.2, -0.15) is 0 Å². The molecule has 0 radical (unpaired) electrons. The number of carbonyl (C=O) groups excluding carboxylic acids is 13. The molecule has 0 bridgehead atoms. The molecular formula is C57H97BrO23. The number of Topliss-reactive ketones (excluding diaryl/α,β-unsaturated/α-hetero) is 5. The molecule has 24 heteroatoms. The molecule has 0 fully saturated rings. The van der Waals surface area contributed by atoms with E-state index in [-0.39, 0.29) is 59.1 Å². The van der Waals surface area contributed by atoms with Gasteiger partial charge in [0.15, 0.2) is 17.3 Å². The Labute approximate surface area is 488 Å². The minimum atomic E-state index is -1.48. The van der Waals surface area contributed by atoms with Gasteiger partial charge in [-0.05, 0) is 100 Å². The van der Waals surface area contributed by atoms with Gasteiger partial charge in [0.1, 0.15) is 47.2 Å². The number of aliphatic carboxylic acids is 1. The Hall–Kier alpha value is -6.72. The van der Waals surface area contributed by atoms with Crippen molar-refractivity contribution in [1.82, 2.24) is 0 Å². The monoisotopic (exact) mass is 1230 g/mol. The molecule has 0 aromatic rings. The molecule has 0 aliphatic carbocycles. The molecule has 0 saturated carbocycles. The number of allylic oxidation sites excluding steroid dienone is 3. The van der Waals surface area contributed by atoms with Crippen molar-refractivity contribution in [2.75, 3.05) is 39.4 Å². The SMILES string of the molecule is CCBr.CCCC(=O)/C=C(\O)C(=O)O.CCCC(=O)/C=C(\O)C(=O)OC.CCCC(=O)/C=C(\O)C(=O)OC.CCCC(C)=O.CCCC(C)=O.CCOC(=O)C(CC)C(C)=O.CCOC(=O)C(CC)C(C)=O.CCOC(=O)CC(C)=O. The predicted octanol–water partition coefficient (Wildman–Crippen LogP) is 9.83. The van der Waals surface area contributed by atoms with Crippen molar-refractivity contribution in [3.63, 3.8) is 0 Å². The number of hydrogen-bond donors (Lipinski definition) is 4. The average Bonchev–Trinajstić information content (AvgIpc) is 3.35. The van der Waals surface area contributed by atoms with Crippen LogP contribution in [0.4, 0.5) is 0 Å². The van der Waals surface area contributed by atoms with Crippen LogP contribution < -0.4 is 0 Å². The molecule has 2 unspecified atom stereocenters. The molecule has 81 heavy (non-hydrogen) atoms. The summed E-state index contributed by atoms with van der Waals surface area (Å²) >= 11 is 3.15. The van der Waals surface area contributed by atoms with Crippen molar-refractivity contribution < 1.29 is 111 Å². The summed E-state index contributed by atoms with van der Waals surface area (Å²) in [6.45, 7) is 28.7. The maximum atomic E-state index is 11.0. The summed E-state index contributed by atoms with van der Waals surface area (Å²) in [6, 6.07) is 0. The van der Waals surface area contributed by atoms with Crippen molar-refractivity contribution in [2.45, 2.75) is 194 Å². The smallest absolute Gasteiger partial charge is 0.373 e. The summed E-state index contributed by atoms with van der Waals surface area (Å²) in [7, 11) is 2.27. The molecule has 0 amide bonds. The van der Waals surface area contributed by atoms with Crippen LogP contribution in [0, 0.1) is 11.8 Å². The second-order valence-corrected chi connectivity index (χ2v) is 17.1. The lowest BCUT2D eigenvalue weighted by molar-refractivity contribution is -0.152. The molecule has 470 valence electrons. The van der Waals surface area contributed by atoms with E-state index in [1.54, 1.807) is 55.4 Å². The van der Waals surface area contributed by atoms with Gasteiger partial charge in [0.05, 0.1) is 34.0 Å². The fourth-order valence-corrected chi connectivity index (χ4v) is 4.65. The number of aliphatic hydroxyl groups excluding tert-OH is 3. The van der Waals surface area contributed by atoms with E-state index in [1.165, 1.54) is 20.8 Å². The molecule has 0 rings (SSSR count). The number of ketones is 8. The van der Waals surface area contributed by atoms with Gasteiger partial charge in [-0.3, -0.25) is 43.2 Å². The number of esters is 5. The van der Waals surface area contributed by atoms with Crippen molar-refractivity contribution in [2.24, 2.45) is 11.8 Å². The van der Waals surface area contributed by atoms with Crippen LogP contribution in [0.25, 0.3) is 0 Å². The normalized spacial score (nSPS) is 10.5. The Morgan fingerprint density at radius 3 is 0.827 bits per heavy atom. The van der Waals surface area contributed by atoms with E-state index < -0.39 is 64.9 Å². The lowest BCUT2D eigenvalue weighted by Gasteiger charge is -2.08. The Balaban J connectivity index is -0.000000105. The second-order valence-electron chi connectivity index (χ2n) is 16.0. The lowest BCUT2D eigenvalue weighted by atomic mass is 10.0. The topological polar surface area (TPSA) is 366 Å². The van der Waals surface area contributed by atoms with Crippen LogP contribution in [0.3, 0.4) is 0 Å². The van der Waals surface area contributed by atoms with Crippen molar-refractivity contribution in [3.8, 4) is 0 Å². The van der Waals surface area contributed by atoms with Crippen LogP contribution in [-0.2, 0) is 90.8 Å². The molecule has 0 aromatic heterocycles. The Bertz CT molecular complexity index is 1830. The van der Waals surface area contributed by atoms with Gasteiger partial charge in [0.2, 0.25) is 17.3 Å². The van der Waals surface area contributed by atoms with Crippen LogP contribution in [0.1, 0.15) is 194 Å². The number of rotatable bonds is 27. The van der Waals surface area contributed by atoms with E-state index in [0.29, 0.717) is 64.8 Å². The number of carboxylic acid groups (broad SMARTS) is 1. The second kappa shape index (κ2) is 67.6. The zero-order valence-electron chi connectivity index (χ0n) is 51.3. The predicted molar refractivity (Wildman–Crippen MR) is 308 cm³/mol. The summed E-state index contributed by atoms with van der Waals surface area (Å²) in [5.41, 5.74) is 0. The highest BCUT2D eigenvalue weighted by molar-refractivity contribution is 9.09. The summed E-state index contributed by atoms with van der Waals surface area (Å²) in [4.78, 5) is 148. The van der Waals surface area contributed by atoms with Crippen LogP contribution in [0.5, 0.6) is 0 Å². The quantitative estimate of drug-likeness (QED) is 0.0148. The Kier molecular flexibility index (Phi) is 78.1. The first-order chi connectivity index (χ1) is 37.7. The third-order valence-corrected chi connectivity index (χ3v) is 8.23. The molecule has 23 nitrogen and oxygen atoms in total. The Morgan fingerprint density at radius 2 is 0.667 bits per heavy atom. The minimum Gasteiger partial charge on any atom is -0.502 e. The third-order valence-electron chi connectivity index (χ3n) is 8.23. The number of carbonyl (C=O) groups is 14. The van der Waals surface area contributed by atoms with E-state index >= 15 is 0 Å². The first-order valence-corrected chi connectivity index (χ1v) is 27.6. The molecule has 4 N–H and O–H groups in total. The maximum Gasteiger partial charge on any atom is 0.373 e. The van der Waals surface area contributed by atoms with Crippen LogP contribution >= 0.6 is 15.9 Å². The standard InChI is InChI=1S/2C8H12O4.2C8H14O3.C7H10O4.C6H10O3.2C5H10O.C2H5Br/c2*1-3-4-6(9)5-7(10)8(11)12-2;2*1-4-7(6(3)9)8(10)11-5-2;1-2-3-5(8)4-6(9)7(10)11;1-3-9-6(8)4-5(2)7;2*1-3-4-5(2)6;1-2-3/h2*5,10H,3-4H2,1-2H3;2*7H,4-5H2,1-3H3;4,9H,2-3H2,1H3,(H,10,11);3-4H2,1-2H3;2*3-4H2,1-2H3;2H2,1H3/b2*7-5-;;;6-4-;;;;. The van der Waals surface area contributed by atoms with Gasteiger partial charge < -0.3 is 53.7 Å². The molecule has 0 aliphatic rings. The van der Waals surface area contributed by atoms with Crippen LogP contribution in [-0.4, -0.2) is 142 Å². The van der Waals surface area contributed by atoms with Crippen molar-refractivity contribution in [3.05, 3.63) is 35.5 Å². The number of methoxy groups -OCH3 is 2. The van der Waals surface area contributed by atoms with E-state index in [0.717, 1.165) is 63.5 Å². The summed E-state index contributed by atoms with van der Waals surface area (Å²) < 4.78 is 22.2. The van der Waals surface area contributed by atoms with Crippen LogP contribution in [0.2, 0.25) is 0 Å². The van der Waals surface area contributed by atoms with Gasteiger partial charge in [0.25, 0.3) is 0 Å². The molecule has 0 spiro atoms. The van der Waals surface area contributed by atoms with E-state index in [4.69, 9.17) is 29.9 Å². The zero-order chi connectivity index (χ0) is 65.6. The molecule has 0 heterocycles. The molecule has 2 atom stereocenters. The maximum absolute atomic E-state index is 11.0. The van der Waals surface area contributed by atoms with E-state index in [9.17, 15) is 67.1 Å². The number of hydrogen-bond acceptors (Lipinski definition) is 22. The van der Waals surface area contributed by atoms with Gasteiger partial charge in [-0.1, -0.05) is 71.3 Å². The van der Waals surface area contributed by atoms with Crippen molar-refractivity contribution >= 4 is 98.0 Å². The fourth-order valence-electron chi connectivity index (χ4n) is 4.65. The number of carboxylic acids is 1. The summed E-state index contributed by atoms with van der Waals surface area (Å²) in [5.74, 6) is -8.54. The average molecular weight is 1230 g/mol. The summed E-state index contributed by atoms with van der Waals surface area (Å²) in [5, 5.41) is 35.5. The van der Waals surface area contributed by atoms with Gasteiger partial charge in [-0.25, -0.2) is 14.4 Å². The zero-order valence-corrected chi connectivity index (χ0v) is 52.9. The Morgan fingerprint density at radius 1 is 0.407 bits per heavy atom. The number of halogens is 1. The molecule has 0 aromatic carbocycles. The number of alkyl halides is 1. The summed E-state index contributed by atoms with van der Waals surface area (Å²) in [6.07, 6.45) is 9.78. The molecular weight excluding hydrogens is 1130 g/mol. The third kappa shape index (κ3) is 77.6. The first kappa shape index (κ1) is 93.6. The fraction of sp³-hybridized carbons (Fsp3) is 0.649. The van der Waals surface area contributed by atoms with Crippen molar-refractivity contribution in [1.29, 1.82) is 0 Å². The highest BCUT2D eigenvalue weighted by atomic mass is 79.9. The van der Waals surface area contributed by atoms with Gasteiger partial charge in [-0.15, -0.1) is 0 Å². The molecule has 0 aliphatic heterocycles. The number of ether oxygens (including phenoxy) is 5.